The van der Waals surface area contributed by atoms with Crippen molar-refractivity contribution in [3.63, 3.8) is 0 Å². The van der Waals surface area contributed by atoms with E-state index < -0.39 is 8.07 Å². The molecule has 1 nitrogen and oxygen atoms in total. The number of nitrogens with zero attached hydrogens (tertiary/aromatic N) is 1. The fourth-order valence-electron chi connectivity index (χ4n) is 8.17. The highest BCUT2D eigenvalue weighted by molar-refractivity contribution is 8.01. The summed E-state index contributed by atoms with van der Waals surface area (Å²) < 4.78 is 0. The highest BCUT2D eigenvalue weighted by atomic mass is 32.2. The van der Waals surface area contributed by atoms with E-state index in [0.29, 0.717) is 0 Å². The van der Waals surface area contributed by atoms with Crippen molar-refractivity contribution in [3.8, 4) is 22.3 Å². The summed E-state index contributed by atoms with van der Waals surface area (Å²) in [5, 5.41) is 5.94. The highest BCUT2D eigenvalue weighted by Gasteiger charge is 2.51. The van der Waals surface area contributed by atoms with Crippen LogP contribution in [0.3, 0.4) is 0 Å². The molecule has 0 saturated carbocycles. The number of fused-ring (bicyclic) bond motifs is 8. The van der Waals surface area contributed by atoms with Crippen molar-refractivity contribution < 1.29 is 0 Å². The Morgan fingerprint density at radius 3 is 1.31 bits per heavy atom. The van der Waals surface area contributed by atoms with Gasteiger partial charge in [0.1, 0.15) is 0 Å². The first-order chi connectivity index (χ1) is 25.8. The second-order valence-electron chi connectivity index (χ2n) is 13.3. The van der Waals surface area contributed by atoms with Crippen molar-refractivity contribution in [2.75, 3.05) is 4.90 Å². The quantitative estimate of drug-likeness (QED) is 0.163. The smallest absolute Gasteiger partial charge is 0.184 e. The van der Waals surface area contributed by atoms with Crippen LogP contribution in [0.15, 0.2) is 220 Å². The van der Waals surface area contributed by atoms with Gasteiger partial charge in [0.25, 0.3) is 0 Å². The van der Waals surface area contributed by atoms with Crippen LogP contribution in [0.25, 0.3) is 22.3 Å². The van der Waals surface area contributed by atoms with Gasteiger partial charge in [-0.1, -0.05) is 169 Å². The van der Waals surface area contributed by atoms with E-state index in [1.54, 1.807) is 0 Å². The Kier molecular flexibility index (Phi) is 7.75. The fourth-order valence-corrected chi connectivity index (χ4v) is 17.3. The lowest BCUT2D eigenvalue weighted by Crippen LogP contribution is -2.78. The third-order valence-corrected chi connectivity index (χ3v) is 18.4. The topological polar surface area (TPSA) is 3.24 Å². The minimum Gasteiger partial charge on any atom is -0.310 e. The number of para-hydroxylation sites is 1. The molecule has 8 aromatic carbocycles. The summed E-state index contributed by atoms with van der Waals surface area (Å²) in [7, 11) is -2.63. The zero-order chi connectivity index (χ0) is 34.5. The lowest BCUT2D eigenvalue weighted by Gasteiger charge is -2.44. The Balaban J connectivity index is 1.20. The maximum absolute atomic E-state index is 2.63. The predicted octanol–water partition coefficient (Wildman–Crippen LogP) is 10.8. The largest absolute Gasteiger partial charge is 0.310 e. The van der Waals surface area contributed by atoms with E-state index in [9.17, 15) is 0 Å². The van der Waals surface area contributed by atoms with E-state index in [0.717, 1.165) is 17.1 Å². The summed E-state index contributed by atoms with van der Waals surface area (Å²) in [6.07, 6.45) is 0. The normalized spacial score (nSPS) is 13.4. The molecule has 246 valence electrons. The first kappa shape index (κ1) is 31.2. The number of hydrogen-bond donors (Lipinski definition) is 0. The van der Waals surface area contributed by atoms with E-state index in [-0.39, 0.29) is 0 Å². The predicted molar refractivity (Wildman–Crippen MR) is 224 cm³/mol. The molecule has 0 atom stereocenters. The van der Waals surface area contributed by atoms with Gasteiger partial charge in [-0.2, -0.15) is 0 Å². The molecular weight excluding hydrogens is 683 g/mol. The van der Waals surface area contributed by atoms with Crippen LogP contribution >= 0.6 is 23.5 Å². The Morgan fingerprint density at radius 1 is 0.308 bits per heavy atom. The zero-order valence-electron chi connectivity index (χ0n) is 28.3. The van der Waals surface area contributed by atoms with E-state index in [1.807, 2.05) is 23.5 Å². The maximum Gasteiger partial charge on any atom is 0.184 e. The summed E-state index contributed by atoms with van der Waals surface area (Å²) in [4.78, 5) is 7.88. The van der Waals surface area contributed by atoms with Crippen molar-refractivity contribution in [3.05, 3.63) is 200 Å². The molecule has 0 radical (unpaired) electrons. The molecule has 0 unspecified atom stereocenters. The molecule has 1 spiro atoms. The van der Waals surface area contributed by atoms with E-state index >= 15 is 0 Å². The number of hydrogen-bond acceptors (Lipinski definition) is 3. The molecule has 2 aliphatic rings. The van der Waals surface area contributed by atoms with Gasteiger partial charge in [0, 0.05) is 36.6 Å². The molecular formula is C48H33NS2Si. The molecule has 0 amide bonds. The summed E-state index contributed by atoms with van der Waals surface area (Å²) >= 11 is 3.84. The van der Waals surface area contributed by atoms with Gasteiger partial charge in [0.2, 0.25) is 0 Å². The Bertz CT molecular complexity index is 2520. The van der Waals surface area contributed by atoms with E-state index in [4.69, 9.17) is 0 Å². The molecule has 8 aromatic rings. The first-order valence-corrected chi connectivity index (χ1v) is 21.3. The molecule has 0 saturated heterocycles. The van der Waals surface area contributed by atoms with Gasteiger partial charge in [-0.15, -0.1) is 0 Å². The number of anilines is 3. The third kappa shape index (κ3) is 5.01. The van der Waals surface area contributed by atoms with Crippen LogP contribution in [0, 0.1) is 0 Å². The Labute approximate surface area is 314 Å². The van der Waals surface area contributed by atoms with Crippen LogP contribution in [-0.2, 0) is 0 Å². The average Bonchev–Trinajstić information content (AvgIpc) is 3.22. The lowest BCUT2D eigenvalue weighted by atomic mass is 9.93. The number of benzene rings is 8. The van der Waals surface area contributed by atoms with Crippen LogP contribution in [0.2, 0.25) is 0 Å². The van der Waals surface area contributed by atoms with Crippen LogP contribution in [0.1, 0.15) is 0 Å². The average molecular weight is 716 g/mol. The van der Waals surface area contributed by atoms with Crippen LogP contribution < -0.4 is 25.6 Å². The minimum atomic E-state index is -2.63. The van der Waals surface area contributed by atoms with E-state index in [1.165, 1.54) is 62.6 Å². The Morgan fingerprint density at radius 2 is 0.731 bits per heavy atom. The van der Waals surface area contributed by atoms with Crippen molar-refractivity contribution in [1.82, 2.24) is 0 Å². The van der Waals surface area contributed by atoms with Gasteiger partial charge < -0.3 is 4.90 Å². The summed E-state index contributed by atoms with van der Waals surface area (Å²) in [5.41, 5.74) is 8.26. The summed E-state index contributed by atoms with van der Waals surface area (Å²) in [6, 6.07) is 74.1. The molecule has 0 bridgehead atoms. The van der Waals surface area contributed by atoms with Gasteiger partial charge >= 0.3 is 0 Å². The number of rotatable bonds is 5. The third-order valence-electron chi connectivity index (χ3n) is 10.4. The van der Waals surface area contributed by atoms with Gasteiger partial charge in [-0.05, 0) is 97.6 Å². The zero-order valence-corrected chi connectivity index (χ0v) is 30.9. The van der Waals surface area contributed by atoms with Crippen LogP contribution in [0.5, 0.6) is 0 Å². The summed E-state index contributed by atoms with van der Waals surface area (Å²) in [5.74, 6) is 0. The molecule has 52 heavy (non-hydrogen) atoms. The molecule has 0 aliphatic carbocycles. The minimum absolute atomic E-state index is 1.13. The molecule has 10 rings (SSSR count). The maximum atomic E-state index is 2.47. The van der Waals surface area contributed by atoms with Gasteiger partial charge in [0.05, 0.1) is 0 Å². The standard InChI is InChI=1S/C48H33NS2Si/c1-4-16-34(17-5-1)39-30-28-37(32-40(39)35-18-6-2-7-19-35)49(36-20-8-3-9-21-36)38-29-31-48-44(33-38)51-43-24-12-15-27-47(43)52(48)45-25-13-10-22-41(45)50-42-23-11-14-26-46(42)52/h1-33H. The van der Waals surface area contributed by atoms with E-state index in [2.05, 4.69) is 205 Å². The second kappa shape index (κ2) is 12.9. The molecule has 2 aliphatic heterocycles. The lowest BCUT2D eigenvalue weighted by molar-refractivity contribution is 1.26. The van der Waals surface area contributed by atoms with Crippen molar-refractivity contribution in [2.45, 2.75) is 19.6 Å². The monoisotopic (exact) mass is 715 g/mol. The molecule has 0 N–H and O–H groups in total. The molecule has 2 heterocycles. The Hall–Kier alpha value is -5.52. The van der Waals surface area contributed by atoms with Crippen LogP contribution in [-0.4, -0.2) is 8.07 Å². The molecule has 0 fully saturated rings. The summed E-state index contributed by atoms with van der Waals surface area (Å²) in [6.45, 7) is 0. The molecule has 4 heteroatoms. The van der Waals surface area contributed by atoms with Gasteiger partial charge in [-0.3, -0.25) is 0 Å². The first-order valence-electron chi connectivity index (χ1n) is 17.7. The fraction of sp³-hybridized carbons (Fsp3) is 0. The highest BCUT2D eigenvalue weighted by Crippen LogP contribution is 2.44. The molecule has 0 aromatic heterocycles. The SMILES string of the molecule is c1ccc(-c2ccc(N(c3ccccc3)c3ccc4c(c3)Sc3ccccc3[Si]43c4ccccc4Sc4ccccc43)cc2-c2ccccc2)cc1. The van der Waals surface area contributed by atoms with Crippen molar-refractivity contribution in [1.29, 1.82) is 0 Å². The van der Waals surface area contributed by atoms with Gasteiger partial charge in [-0.25, -0.2) is 0 Å². The van der Waals surface area contributed by atoms with Crippen molar-refractivity contribution >= 4 is 69.4 Å². The second-order valence-corrected chi connectivity index (χ2v) is 19.1. The van der Waals surface area contributed by atoms with Gasteiger partial charge in [0.15, 0.2) is 8.07 Å². The van der Waals surface area contributed by atoms with Crippen molar-refractivity contribution in [2.24, 2.45) is 0 Å². The van der Waals surface area contributed by atoms with Crippen LogP contribution in [0.4, 0.5) is 17.1 Å².